The fraction of sp³-hybridized carbons (Fsp3) is 0.222. The van der Waals surface area contributed by atoms with Crippen molar-refractivity contribution < 1.29 is 9.50 Å². The summed E-state index contributed by atoms with van der Waals surface area (Å²) in [6.45, 7) is 1.60. The van der Waals surface area contributed by atoms with Crippen molar-refractivity contribution in [3.8, 4) is 5.75 Å². The number of amidine groups is 1. The molecule has 0 aliphatic rings. The lowest BCUT2D eigenvalue weighted by molar-refractivity contribution is 0.463. The molecule has 0 saturated carbocycles. The summed E-state index contributed by atoms with van der Waals surface area (Å²) in [5, 5.41) is 16.5. The molecule has 70 valence electrons. The Morgan fingerprint density at radius 3 is 2.77 bits per heavy atom. The fourth-order valence-electron chi connectivity index (χ4n) is 1.14. The lowest BCUT2D eigenvalue weighted by Crippen LogP contribution is -2.13. The van der Waals surface area contributed by atoms with Crippen molar-refractivity contribution in [3.05, 3.63) is 29.1 Å². The number of phenols is 1. The lowest BCUT2D eigenvalue weighted by Gasteiger charge is -2.06. The second kappa shape index (κ2) is 3.43. The predicted octanol–water partition coefficient (Wildman–Crippen LogP) is 1.32. The molecule has 1 aromatic rings. The molecule has 0 aromatic heterocycles. The maximum absolute atomic E-state index is 12.8. The van der Waals surface area contributed by atoms with E-state index >= 15 is 0 Å². The van der Waals surface area contributed by atoms with Crippen molar-refractivity contribution in [2.75, 3.05) is 0 Å². The summed E-state index contributed by atoms with van der Waals surface area (Å²) in [6, 6.07) is 2.42. The molecule has 0 aliphatic heterocycles. The fourth-order valence-corrected chi connectivity index (χ4v) is 1.14. The quantitative estimate of drug-likeness (QED) is 0.477. The number of phenolic OH excluding ortho intramolecular Hbond substituents is 1. The minimum atomic E-state index is -0.424. The first-order chi connectivity index (χ1) is 6.00. The Morgan fingerprint density at radius 1 is 1.62 bits per heavy atom. The average Bonchev–Trinajstić information content (AvgIpc) is 1.98. The van der Waals surface area contributed by atoms with E-state index in [2.05, 4.69) is 0 Å². The first-order valence-corrected chi connectivity index (χ1v) is 3.81. The van der Waals surface area contributed by atoms with Gasteiger partial charge in [-0.15, -0.1) is 0 Å². The molecule has 0 heterocycles. The van der Waals surface area contributed by atoms with Gasteiger partial charge in [0.15, 0.2) is 0 Å². The SMILES string of the molecule is Cc1cc(F)cc(CC(=N)N)c1O. The standard InChI is InChI=1S/C9H11FN2O/c1-5-2-7(10)3-6(9(5)13)4-8(11)12/h2-3,13H,4H2,1H3,(H3,11,12). The minimum absolute atomic E-state index is 0.0107. The third-order valence-corrected chi connectivity index (χ3v) is 1.73. The monoisotopic (exact) mass is 182 g/mol. The van der Waals surface area contributed by atoms with Gasteiger partial charge < -0.3 is 10.8 Å². The van der Waals surface area contributed by atoms with E-state index in [0.717, 1.165) is 0 Å². The van der Waals surface area contributed by atoms with Crippen molar-refractivity contribution >= 4 is 5.84 Å². The third kappa shape index (κ3) is 2.18. The van der Waals surface area contributed by atoms with Gasteiger partial charge >= 0.3 is 0 Å². The van der Waals surface area contributed by atoms with Crippen LogP contribution in [0.4, 0.5) is 4.39 Å². The number of nitrogens with one attached hydrogen (secondary N) is 1. The summed E-state index contributed by atoms with van der Waals surface area (Å²) in [5.41, 5.74) is 5.95. The molecule has 0 radical (unpaired) electrons. The Bertz CT molecular complexity index is 350. The number of aromatic hydroxyl groups is 1. The number of rotatable bonds is 2. The molecular formula is C9H11FN2O. The van der Waals surface area contributed by atoms with Crippen LogP contribution in [0, 0.1) is 18.2 Å². The van der Waals surface area contributed by atoms with Crippen LogP contribution in [-0.4, -0.2) is 10.9 Å². The zero-order valence-corrected chi connectivity index (χ0v) is 7.26. The first kappa shape index (κ1) is 9.51. The van der Waals surface area contributed by atoms with Crippen LogP contribution in [0.15, 0.2) is 12.1 Å². The highest BCUT2D eigenvalue weighted by Gasteiger charge is 2.07. The minimum Gasteiger partial charge on any atom is -0.507 e. The predicted molar refractivity (Wildman–Crippen MR) is 48.4 cm³/mol. The second-order valence-corrected chi connectivity index (χ2v) is 2.93. The molecule has 13 heavy (non-hydrogen) atoms. The van der Waals surface area contributed by atoms with Crippen molar-refractivity contribution in [1.29, 1.82) is 5.41 Å². The van der Waals surface area contributed by atoms with Crippen molar-refractivity contribution in [3.63, 3.8) is 0 Å². The van der Waals surface area contributed by atoms with Gasteiger partial charge in [-0.05, 0) is 24.6 Å². The summed E-state index contributed by atoms with van der Waals surface area (Å²) in [5.74, 6) is -0.511. The van der Waals surface area contributed by atoms with Crippen LogP contribution >= 0.6 is 0 Å². The molecule has 0 unspecified atom stereocenters. The van der Waals surface area contributed by atoms with Crippen molar-refractivity contribution in [2.45, 2.75) is 13.3 Å². The van der Waals surface area contributed by atoms with E-state index in [-0.39, 0.29) is 18.0 Å². The van der Waals surface area contributed by atoms with Crippen LogP contribution in [0.5, 0.6) is 5.75 Å². The van der Waals surface area contributed by atoms with Gasteiger partial charge in [0.25, 0.3) is 0 Å². The highest BCUT2D eigenvalue weighted by molar-refractivity contribution is 5.80. The molecule has 3 nitrogen and oxygen atoms in total. The van der Waals surface area contributed by atoms with E-state index in [9.17, 15) is 9.50 Å². The van der Waals surface area contributed by atoms with Crippen LogP contribution in [0.2, 0.25) is 0 Å². The molecule has 1 rings (SSSR count). The summed E-state index contributed by atoms with van der Waals surface area (Å²) >= 11 is 0. The maximum Gasteiger partial charge on any atom is 0.124 e. The molecule has 1 aromatic carbocycles. The van der Waals surface area contributed by atoms with Crippen molar-refractivity contribution in [1.82, 2.24) is 0 Å². The van der Waals surface area contributed by atoms with Crippen LogP contribution in [0.3, 0.4) is 0 Å². The van der Waals surface area contributed by atoms with Gasteiger partial charge in [-0.2, -0.15) is 0 Å². The summed E-state index contributed by atoms with van der Waals surface area (Å²) in [7, 11) is 0. The third-order valence-electron chi connectivity index (χ3n) is 1.73. The number of hydrogen-bond donors (Lipinski definition) is 3. The van der Waals surface area contributed by atoms with Crippen molar-refractivity contribution in [2.24, 2.45) is 5.73 Å². The molecule has 0 fully saturated rings. The van der Waals surface area contributed by atoms with Crippen LogP contribution in [0.1, 0.15) is 11.1 Å². The Labute approximate surface area is 75.5 Å². The molecule has 0 atom stereocenters. The van der Waals surface area contributed by atoms with Gasteiger partial charge in [0.2, 0.25) is 0 Å². The zero-order valence-electron chi connectivity index (χ0n) is 7.26. The van der Waals surface area contributed by atoms with Crippen LogP contribution in [-0.2, 0) is 6.42 Å². The molecule has 0 amide bonds. The van der Waals surface area contributed by atoms with Gasteiger partial charge in [-0.25, -0.2) is 4.39 Å². The number of aryl methyl sites for hydroxylation is 1. The molecule has 4 heteroatoms. The highest BCUT2D eigenvalue weighted by Crippen LogP contribution is 2.23. The lowest BCUT2D eigenvalue weighted by atomic mass is 10.1. The Morgan fingerprint density at radius 2 is 2.23 bits per heavy atom. The molecular weight excluding hydrogens is 171 g/mol. The highest BCUT2D eigenvalue weighted by atomic mass is 19.1. The topological polar surface area (TPSA) is 70.1 Å². The normalized spacial score (nSPS) is 10.0. The number of nitrogens with two attached hydrogens (primary N) is 1. The van der Waals surface area contributed by atoms with E-state index in [4.69, 9.17) is 11.1 Å². The zero-order chi connectivity index (χ0) is 10.0. The van der Waals surface area contributed by atoms with Gasteiger partial charge in [0, 0.05) is 12.0 Å². The molecule has 0 spiro atoms. The first-order valence-electron chi connectivity index (χ1n) is 3.81. The number of benzene rings is 1. The van der Waals surface area contributed by atoms with Gasteiger partial charge in [0.05, 0.1) is 5.84 Å². The molecule has 0 saturated heterocycles. The molecule has 4 N–H and O–H groups in total. The van der Waals surface area contributed by atoms with E-state index in [1.807, 2.05) is 0 Å². The van der Waals surface area contributed by atoms with Crippen LogP contribution in [0.25, 0.3) is 0 Å². The smallest absolute Gasteiger partial charge is 0.124 e. The van der Waals surface area contributed by atoms with Gasteiger partial charge in [-0.3, -0.25) is 5.41 Å². The molecule has 0 bridgehead atoms. The maximum atomic E-state index is 12.8. The van der Waals surface area contributed by atoms with E-state index in [1.165, 1.54) is 12.1 Å². The summed E-state index contributed by atoms with van der Waals surface area (Å²) < 4.78 is 12.8. The number of hydrogen-bond acceptors (Lipinski definition) is 2. The van der Waals surface area contributed by atoms with Gasteiger partial charge in [0.1, 0.15) is 11.6 Å². The summed E-state index contributed by atoms with van der Waals surface area (Å²) in [4.78, 5) is 0. The average molecular weight is 182 g/mol. The van der Waals surface area contributed by atoms with E-state index < -0.39 is 5.82 Å². The second-order valence-electron chi connectivity index (χ2n) is 2.93. The molecule has 0 aliphatic carbocycles. The van der Waals surface area contributed by atoms with E-state index in [0.29, 0.717) is 11.1 Å². The number of halogens is 1. The largest absolute Gasteiger partial charge is 0.507 e. The Balaban J connectivity index is 3.12. The van der Waals surface area contributed by atoms with Gasteiger partial charge in [-0.1, -0.05) is 0 Å². The summed E-state index contributed by atoms with van der Waals surface area (Å²) in [6.07, 6.45) is 0.0738. The Kier molecular flexibility index (Phi) is 2.51. The van der Waals surface area contributed by atoms with Crippen LogP contribution < -0.4 is 5.73 Å². The van der Waals surface area contributed by atoms with E-state index in [1.54, 1.807) is 6.92 Å². The Hall–Kier alpha value is -1.58.